The summed E-state index contributed by atoms with van der Waals surface area (Å²) in [5.41, 5.74) is 0.546. The molecule has 26 heavy (non-hydrogen) atoms. The smallest absolute Gasteiger partial charge is 0.283 e. The normalized spacial score (nSPS) is 11.5. The van der Waals surface area contributed by atoms with E-state index in [9.17, 15) is 19.7 Å². The summed E-state index contributed by atoms with van der Waals surface area (Å²) < 4.78 is 1.54. The standard InChI is InChI=1S/C20H15N2O4/c23-19(15-7-3-1-4-8-15)18(21-13-5-2-6-14-21)20(24)16-9-11-17(12-10-16)22(25)26/h1-14,18H/q+1. The quantitative estimate of drug-likeness (QED) is 0.225. The number of nitrogens with zero attached hydrogens (tertiary/aromatic N) is 2. The van der Waals surface area contributed by atoms with Gasteiger partial charge in [0.15, 0.2) is 12.4 Å². The van der Waals surface area contributed by atoms with Crippen LogP contribution in [0.5, 0.6) is 0 Å². The number of carbonyl (C=O) groups excluding carboxylic acids is 2. The van der Waals surface area contributed by atoms with Gasteiger partial charge in [0, 0.05) is 35.4 Å². The summed E-state index contributed by atoms with van der Waals surface area (Å²) in [6, 6.07) is 18.0. The number of non-ortho nitro benzene ring substituents is 1. The van der Waals surface area contributed by atoms with Crippen LogP contribution in [0.25, 0.3) is 0 Å². The number of carbonyl (C=O) groups is 2. The van der Waals surface area contributed by atoms with Gasteiger partial charge in [-0.25, -0.2) is 0 Å². The van der Waals surface area contributed by atoms with Crippen molar-refractivity contribution in [1.82, 2.24) is 0 Å². The fraction of sp³-hybridized carbons (Fsp3) is 0.0500. The molecule has 0 N–H and O–H groups in total. The molecule has 0 saturated carbocycles. The van der Waals surface area contributed by atoms with Crippen LogP contribution < -0.4 is 4.57 Å². The lowest BCUT2D eigenvalue weighted by Crippen LogP contribution is -2.48. The zero-order valence-electron chi connectivity index (χ0n) is 13.7. The molecule has 0 bridgehead atoms. The molecule has 0 aliphatic carbocycles. The Morgan fingerprint density at radius 2 is 1.27 bits per heavy atom. The Morgan fingerprint density at radius 1 is 0.769 bits per heavy atom. The van der Waals surface area contributed by atoms with Crippen molar-refractivity contribution in [2.24, 2.45) is 0 Å². The van der Waals surface area contributed by atoms with Gasteiger partial charge >= 0.3 is 0 Å². The summed E-state index contributed by atoms with van der Waals surface area (Å²) in [4.78, 5) is 36.3. The minimum Gasteiger partial charge on any atom is -0.286 e. The molecule has 3 rings (SSSR count). The predicted octanol–water partition coefficient (Wildman–Crippen LogP) is 3.19. The van der Waals surface area contributed by atoms with Crippen molar-refractivity contribution >= 4 is 17.3 Å². The van der Waals surface area contributed by atoms with Gasteiger partial charge in [-0.3, -0.25) is 19.7 Å². The lowest BCUT2D eigenvalue weighted by Gasteiger charge is -2.11. The number of hydrogen-bond acceptors (Lipinski definition) is 4. The fourth-order valence-electron chi connectivity index (χ4n) is 2.64. The van der Waals surface area contributed by atoms with Crippen LogP contribution in [0.2, 0.25) is 0 Å². The van der Waals surface area contributed by atoms with Crippen LogP contribution in [-0.4, -0.2) is 16.5 Å². The van der Waals surface area contributed by atoms with Crippen LogP contribution in [0.4, 0.5) is 5.69 Å². The number of rotatable bonds is 6. The summed E-state index contributed by atoms with van der Waals surface area (Å²) in [5.74, 6) is -0.768. The maximum atomic E-state index is 13.0. The first-order chi connectivity index (χ1) is 12.6. The van der Waals surface area contributed by atoms with Crippen LogP contribution in [0, 0.1) is 10.1 Å². The highest BCUT2D eigenvalue weighted by molar-refractivity contribution is 6.16. The second-order valence-electron chi connectivity index (χ2n) is 5.62. The second kappa shape index (κ2) is 7.48. The molecule has 1 aromatic heterocycles. The average molecular weight is 347 g/mol. The summed E-state index contributed by atoms with van der Waals surface area (Å²) in [7, 11) is 0. The number of nitro groups is 1. The molecule has 0 fully saturated rings. The Kier molecular flexibility index (Phi) is 4.94. The highest BCUT2D eigenvalue weighted by atomic mass is 16.6. The van der Waals surface area contributed by atoms with E-state index >= 15 is 0 Å². The first-order valence-corrected chi connectivity index (χ1v) is 7.91. The summed E-state index contributed by atoms with van der Waals surface area (Å²) in [5, 5.41) is 10.8. The summed E-state index contributed by atoms with van der Waals surface area (Å²) >= 11 is 0. The SMILES string of the molecule is O=C(c1ccccc1)C(C(=O)c1ccc([N+](=O)[O-])cc1)[n+]1ccccc1. The van der Waals surface area contributed by atoms with Gasteiger partial charge < -0.3 is 0 Å². The van der Waals surface area contributed by atoms with Crippen molar-refractivity contribution in [1.29, 1.82) is 0 Å². The fourth-order valence-corrected chi connectivity index (χ4v) is 2.64. The number of pyridine rings is 1. The lowest BCUT2D eigenvalue weighted by molar-refractivity contribution is -0.693. The molecule has 6 heteroatoms. The number of nitro benzene ring substituents is 1. The van der Waals surface area contributed by atoms with Gasteiger partial charge in [0.25, 0.3) is 11.7 Å². The van der Waals surface area contributed by atoms with Gasteiger partial charge in [0.1, 0.15) is 0 Å². The highest BCUT2D eigenvalue weighted by Crippen LogP contribution is 2.18. The van der Waals surface area contributed by atoms with Gasteiger partial charge in [-0.05, 0) is 12.1 Å². The zero-order valence-corrected chi connectivity index (χ0v) is 13.7. The van der Waals surface area contributed by atoms with E-state index in [-0.39, 0.29) is 17.0 Å². The molecule has 128 valence electrons. The third-order valence-corrected chi connectivity index (χ3v) is 3.95. The van der Waals surface area contributed by atoms with Gasteiger partial charge in [-0.1, -0.05) is 36.4 Å². The van der Waals surface area contributed by atoms with Crippen molar-refractivity contribution in [2.75, 3.05) is 0 Å². The molecule has 1 unspecified atom stereocenters. The van der Waals surface area contributed by atoms with E-state index in [1.165, 1.54) is 24.3 Å². The minimum absolute atomic E-state index is 0.111. The van der Waals surface area contributed by atoms with E-state index in [4.69, 9.17) is 0 Å². The Morgan fingerprint density at radius 3 is 1.81 bits per heavy atom. The van der Waals surface area contributed by atoms with E-state index in [2.05, 4.69) is 0 Å². The van der Waals surface area contributed by atoms with Crippen molar-refractivity contribution in [3.8, 4) is 0 Å². The molecule has 0 amide bonds. The molecule has 3 aromatic rings. The number of hydrogen-bond donors (Lipinski definition) is 0. The molecule has 0 aliphatic heterocycles. The molecule has 0 aliphatic rings. The monoisotopic (exact) mass is 347 g/mol. The van der Waals surface area contributed by atoms with Crippen LogP contribution >= 0.6 is 0 Å². The van der Waals surface area contributed by atoms with E-state index < -0.39 is 16.7 Å². The van der Waals surface area contributed by atoms with Gasteiger partial charge in [-0.15, -0.1) is 0 Å². The molecule has 6 nitrogen and oxygen atoms in total. The molecule has 1 atom stereocenters. The minimum atomic E-state index is -1.08. The van der Waals surface area contributed by atoms with Gasteiger partial charge in [-0.2, -0.15) is 4.57 Å². The summed E-state index contributed by atoms with van der Waals surface area (Å²) in [6.07, 6.45) is 3.30. The van der Waals surface area contributed by atoms with E-state index in [1.807, 2.05) is 0 Å². The van der Waals surface area contributed by atoms with E-state index in [1.54, 1.807) is 65.5 Å². The molecular formula is C20H15N2O4+. The molecule has 1 heterocycles. The third kappa shape index (κ3) is 3.54. The first kappa shape index (κ1) is 17.2. The number of benzene rings is 2. The average Bonchev–Trinajstić information content (AvgIpc) is 2.69. The van der Waals surface area contributed by atoms with Crippen molar-refractivity contribution in [3.05, 3.63) is 106 Å². The second-order valence-corrected chi connectivity index (χ2v) is 5.62. The third-order valence-electron chi connectivity index (χ3n) is 3.95. The van der Waals surface area contributed by atoms with E-state index in [0.29, 0.717) is 5.56 Å². The first-order valence-electron chi connectivity index (χ1n) is 7.91. The molecule has 0 radical (unpaired) electrons. The van der Waals surface area contributed by atoms with Crippen LogP contribution in [-0.2, 0) is 0 Å². The van der Waals surface area contributed by atoms with Crippen LogP contribution in [0.3, 0.4) is 0 Å². The Balaban J connectivity index is 2.01. The highest BCUT2D eigenvalue weighted by Gasteiger charge is 2.36. The zero-order chi connectivity index (χ0) is 18.5. The van der Waals surface area contributed by atoms with Crippen LogP contribution in [0.1, 0.15) is 26.8 Å². The van der Waals surface area contributed by atoms with Crippen LogP contribution in [0.15, 0.2) is 85.2 Å². The van der Waals surface area contributed by atoms with Gasteiger partial charge in [0.2, 0.25) is 11.6 Å². The molecule has 0 saturated heterocycles. The lowest BCUT2D eigenvalue weighted by atomic mass is 9.96. The molecule has 0 spiro atoms. The number of aromatic nitrogens is 1. The van der Waals surface area contributed by atoms with Gasteiger partial charge in [0.05, 0.1) is 4.92 Å². The molecular weight excluding hydrogens is 332 g/mol. The topological polar surface area (TPSA) is 81.2 Å². The van der Waals surface area contributed by atoms with Crippen molar-refractivity contribution < 1.29 is 19.1 Å². The molecule has 2 aromatic carbocycles. The largest absolute Gasteiger partial charge is 0.286 e. The van der Waals surface area contributed by atoms with Crippen molar-refractivity contribution in [2.45, 2.75) is 6.04 Å². The predicted molar refractivity (Wildman–Crippen MR) is 93.9 cm³/mol. The van der Waals surface area contributed by atoms with E-state index in [0.717, 1.165) is 0 Å². The Labute approximate surface area is 149 Å². The Hall–Kier alpha value is -3.67. The number of Topliss-reactive ketones (excluding diaryl/α,β-unsaturated/α-hetero) is 2. The summed E-state index contributed by atoms with van der Waals surface area (Å²) in [6.45, 7) is 0. The maximum absolute atomic E-state index is 13.0. The maximum Gasteiger partial charge on any atom is 0.283 e. The van der Waals surface area contributed by atoms with Crippen molar-refractivity contribution in [3.63, 3.8) is 0 Å². The Bertz CT molecular complexity index is 939. The number of ketones is 2.